The monoisotopic (exact) mass is 404 g/mol. The molecule has 1 aromatic heterocycles. The lowest BCUT2D eigenvalue weighted by Gasteiger charge is -2.35. The van der Waals surface area contributed by atoms with Crippen LogP contribution in [0.3, 0.4) is 0 Å². The van der Waals surface area contributed by atoms with Crippen LogP contribution in [0.4, 0.5) is 0 Å². The summed E-state index contributed by atoms with van der Waals surface area (Å²) in [6, 6.07) is 13.8. The molecule has 3 aromatic rings. The summed E-state index contributed by atoms with van der Waals surface area (Å²) in [5, 5.41) is 15.0. The second-order valence-electron chi connectivity index (χ2n) is 8.18. The highest BCUT2D eigenvalue weighted by atomic mass is 16.3. The third-order valence-electron chi connectivity index (χ3n) is 6.04. The van der Waals surface area contributed by atoms with Crippen molar-refractivity contribution in [1.29, 1.82) is 0 Å². The average molecular weight is 404 g/mol. The Bertz CT molecular complexity index is 1110. The van der Waals surface area contributed by atoms with Gasteiger partial charge in [0, 0.05) is 50.4 Å². The third-order valence-corrected chi connectivity index (χ3v) is 6.04. The van der Waals surface area contributed by atoms with E-state index in [1.165, 1.54) is 0 Å². The van der Waals surface area contributed by atoms with E-state index >= 15 is 0 Å². The molecule has 2 aromatic carbocycles. The molecule has 7 nitrogen and oxygen atoms in total. The van der Waals surface area contributed by atoms with Gasteiger partial charge in [0.15, 0.2) is 0 Å². The maximum Gasteiger partial charge on any atom is 0.253 e. The molecule has 1 saturated carbocycles. The van der Waals surface area contributed by atoms with E-state index in [0.29, 0.717) is 38.2 Å². The number of hydrogen-bond acceptors (Lipinski definition) is 4. The smallest absolute Gasteiger partial charge is 0.253 e. The number of nitrogens with zero attached hydrogens (tertiary/aromatic N) is 4. The lowest BCUT2D eigenvalue weighted by atomic mass is 10.0. The number of amides is 2. The summed E-state index contributed by atoms with van der Waals surface area (Å²) in [7, 11) is 1.91. The second kappa shape index (κ2) is 7.25. The third kappa shape index (κ3) is 3.45. The zero-order valence-electron chi connectivity index (χ0n) is 16.9. The van der Waals surface area contributed by atoms with Crippen LogP contribution in [-0.4, -0.2) is 68.8 Å². The number of benzene rings is 2. The van der Waals surface area contributed by atoms with Crippen molar-refractivity contribution in [1.82, 2.24) is 19.6 Å². The molecule has 2 amide bonds. The largest absolute Gasteiger partial charge is 0.392 e. The molecule has 0 bridgehead atoms. The molecule has 1 N–H and O–H groups in total. The first-order chi connectivity index (χ1) is 14.5. The molecule has 7 heteroatoms. The molecule has 0 spiro atoms. The van der Waals surface area contributed by atoms with Gasteiger partial charge in [-0.3, -0.25) is 14.3 Å². The first kappa shape index (κ1) is 18.8. The second-order valence-corrected chi connectivity index (χ2v) is 8.18. The van der Waals surface area contributed by atoms with Gasteiger partial charge in [-0.2, -0.15) is 5.10 Å². The number of aromatic nitrogens is 2. The van der Waals surface area contributed by atoms with Gasteiger partial charge in [-0.25, -0.2) is 0 Å². The summed E-state index contributed by atoms with van der Waals surface area (Å²) in [6.07, 6.45) is 2.08. The Morgan fingerprint density at radius 3 is 2.27 bits per heavy atom. The van der Waals surface area contributed by atoms with Crippen molar-refractivity contribution in [3.05, 3.63) is 54.2 Å². The van der Waals surface area contributed by atoms with Crippen LogP contribution < -0.4 is 0 Å². The number of aliphatic hydroxyl groups is 1. The molecule has 2 aliphatic rings. The number of aliphatic hydroxyl groups excluding tert-OH is 1. The minimum atomic E-state index is -0.478. The van der Waals surface area contributed by atoms with Gasteiger partial charge in [-0.15, -0.1) is 0 Å². The van der Waals surface area contributed by atoms with Crippen molar-refractivity contribution >= 4 is 22.7 Å². The molecule has 2 atom stereocenters. The van der Waals surface area contributed by atoms with Gasteiger partial charge in [0.25, 0.3) is 5.91 Å². The number of piperazine rings is 1. The molecule has 1 aliphatic heterocycles. The number of hydrogen-bond donors (Lipinski definition) is 1. The van der Waals surface area contributed by atoms with Gasteiger partial charge in [0.1, 0.15) is 0 Å². The minimum absolute atomic E-state index is 0.0136. The highest BCUT2D eigenvalue weighted by Crippen LogP contribution is 2.32. The quantitative estimate of drug-likeness (QED) is 0.723. The number of carbonyl (C=O) groups excluding carboxylic acids is 2. The van der Waals surface area contributed by atoms with Crippen molar-refractivity contribution in [2.75, 3.05) is 26.2 Å². The summed E-state index contributed by atoms with van der Waals surface area (Å²) < 4.78 is 1.80. The first-order valence-corrected chi connectivity index (χ1v) is 10.3. The molecule has 2 heterocycles. The lowest BCUT2D eigenvalue weighted by Crippen LogP contribution is -2.51. The molecule has 2 unspecified atom stereocenters. The van der Waals surface area contributed by atoms with Crippen LogP contribution in [-0.2, 0) is 11.8 Å². The minimum Gasteiger partial charge on any atom is -0.392 e. The molecule has 1 aliphatic carbocycles. The summed E-state index contributed by atoms with van der Waals surface area (Å²) in [5.74, 6) is -0.228. The topological polar surface area (TPSA) is 78.7 Å². The van der Waals surface area contributed by atoms with E-state index in [1.807, 2.05) is 37.5 Å². The van der Waals surface area contributed by atoms with Crippen molar-refractivity contribution in [3.8, 4) is 11.1 Å². The normalized spacial score (nSPS) is 21.1. The molecular weight excluding hydrogens is 380 g/mol. The van der Waals surface area contributed by atoms with E-state index in [9.17, 15) is 14.7 Å². The Morgan fingerprint density at radius 2 is 1.60 bits per heavy atom. The lowest BCUT2D eigenvalue weighted by molar-refractivity contribution is -0.134. The van der Waals surface area contributed by atoms with Crippen molar-refractivity contribution in [2.45, 2.75) is 12.5 Å². The Labute approximate surface area is 174 Å². The van der Waals surface area contributed by atoms with Gasteiger partial charge < -0.3 is 14.9 Å². The van der Waals surface area contributed by atoms with Crippen LogP contribution in [0, 0.1) is 5.92 Å². The SMILES string of the molecule is Cn1cc2ccc(-c3ccc(C(=O)N4CCN(C(=O)C5CC5O)CC4)cc3)cc2n1. The fraction of sp³-hybridized carbons (Fsp3) is 0.348. The summed E-state index contributed by atoms with van der Waals surface area (Å²) in [5.41, 5.74) is 3.70. The number of aryl methyl sites for hydroxylation is 1. The number of rotatable bonds is 3. The Kier molecular flexibility index (Phi) is 4.55. The average Bonchev–Trinajstić information content (AvgIpc) is 3.38. The van der Waals surface area contributed by atoms with E-state index in [0.717, 1.165) is 22.0 Å². The fourth-order valence-corrected chi connectivity index (χ4v) is 4.12. The summed E-state index contributed by atoms with van der Waals surface area (Å²) in [4.78, 5) is 28.7. The molecule has 1 saturated heterocycles. The Morgan fingerprint density at radius 1 is 0.967 bits per heavy atom. The fourth-order valence-electron chi connectivity index (χ4n) is 4.12. The van der Waals surface area contributed by atoms with E-state index in [4.69, 9.17) is 0 Å². The molecule has 5 rings (SSSR count). The standard InChI is InChI=1S/C23H24N4O3/c1-25-14-18-7-6-17(12-20(18)24-25)15-2-4-16(5-3-15)22(29)26-8-10-27(11-9-26)23(30)19-13-21(19)28/h2-7,12,14,19,21,28H,8-11,13H2,1H3. The van der Waals surface area contributed by atoms with E-state index in [2.05, 4.69) is 23.3 Å². The summed E-state index contributed by atoms with van der Waals surface area (Å²) >= 11 is 0. The first-order valence-electron chi connectivity index (χ1n) is 10.3. The van der Waals surface area contributed by atoms with E-state index < -0.39 is 6.10 Å². The highest BCUT2D eigenvalue weighted by molar-refractivity contribution is 5.95. The van der Waals surface area contributed by atoms with E-state index in [-0.39, 0.29) is 17.7 Å². The highest BCUT2D eigenvalue weighted by Gasteiger charge is 2.44. The maximum atomic E-state index is 12.9. The predicted octanol–water partition coefficient (Wildman–Crippen LogP) is 1.91. The van der Waals surface area contributed by atoms with Gasteiger partial charge in [0.2, 0.25) is 5.91 Å². The van der Waals surface area contributed by atoms with Crippen molar-refractivity contribution < 1.29 is 14.7 Å². The molecule has 30 heavy (non-hydrogen) atoms. The predicted molar refractivity (Wildman–Crippen MR) is 113 cm³/mol. The van der Waals surface area contributed by atoms with Gasteiger partial charge in [-0.05, 0) is 35.7 Å². The van der Waals surface area contributed by atoms with Crippen LogP contribution >= 0.6 is 0 Å². The zero-order valence-corrected chi connectivity index (χ0v) is 16.9. The van der Waals surface area contributed by atoms with Gasteiger partial charge >= 0.3 is 0 Å². The summed E-state index contributed by atoms with van der Waals surface area (Å²) in [6.45, 7) is 2.09. The molecule has 154 valence electrons. The zero-order chi connectivity index (χ0) is 20.8. The number of carbonyl (C=O) groups is 2. The van der Waals surface area contributed by atoms with Gasteiger partial charge in [0.05, 0.1) is 17.5 Å². The number of fused-ring (bicyclic) bond motifs is 1. The van der Waals surface area contributed by atoms with E-state index in [1.54, 1.807) is 14.5 Å². The molecular formula is C23H24N4O3. The van der Waals surface area contributed by atoms with Crippen molar-refractivity contribution in [2.24, 2.45) is 13.0 Å². The van der Waals surface area contributed by atoms with Crippen LogP contribution in [0.2, 0.25) is 0 Å². The van der Waals surface area contributed by atoms with Crippen LogP contribution in [0.15, 0.2) is 48.7 Å². The molecule has 0 radical (unpaired) electrons. The Balaban J connectivity index is 1.25. The van der Waals surface area contributed by atoms with Crippen LogP contribution in [0.5, 0.6) is 0 Å². The van der Waals surface area contributed by atoms with Gasteiger partial charge in [-0.1, -0.05) is 24.3 Å². The van der Waals surface area contributed by atoms with Crippen LogP contribution in [0.25, 0.3) is 22.0 Å². The van der Waals surface area contributed by atoms with Crippen LogP contribution in [0.1, 0.15) is 16.8 Å². The molecule has 2 fully saturated rings. The Hall–Kier alpha value is -3.19. The van der Waals surface area contributed by atoms with Crippen molar-refractivity contribution in [3.63, 3.8) is 0 Å². The maximum absolute atomic E-state index is 12.9.